The molecule has 0 atom stereocenters. The smallest absolute Gasteiger partial charge is 0.228 e. The van der Waals surface area contributed by atoms with Gasteiger partial charge < -0.3 is 10.3 Å². The van der Waals surface area contributed by atoms with E-state index < -0.39 is 11.6 Å². The first-order chi connectivity index (χ1) is 10.5. The number of carbonyl (C=O) groups excluding carboxylic acids is 1. The average Bonchev–Trinajstić information content (AvgIpc) is 2.85. The lowest BCUT2D eigenvalue weighted by Crippen LogP contribution is -2.14. The first-order valence-corrected chi connectivity index (χ1v) is 6.91. The van der Waals surface area contributed by atoms with Gasteiger partial charge in [0.15, 0.2) is 11.6 Å². The summed E-state index contributed by atoms with van der Waals surface area (Å²) in [5, 5.41) is 3.97. The molecule has 1 heterocycles. The number of hydrogen-bond donors (Lipinski definition) is 2. The molecule has 0 aliphatic heterocycles. The third-order valence-electron chi connectivity index (χ3n) is 3.28. The van der Waals surface area contributed by atoms with Crippen molar-refractivity contribution in [2.45, 2.75) is 6.42 Å². The Kier molecular flexibility index (Phi) is 3.81. The van der Waals surface area contributed by atoms with Crippen molar-refractivity contribution < 1.29 is 13.6 Å². The summed E-state index contributed by atoms with van der Waals surface area (Å²) in [6, 6.07) is 8.58. The van der Waals surface area contributed by atoms with Crippen molar-refractivity contribution in [1.29, 1.82) is 0 Å². The Bertz CT molecular complexity index is 860. The van der Waals surface area contributed by atoms with Gasteiger partial charge in [-0.3, -0.25) is 4.79 Å². The normalized spacial score (nSPS) is 10.9. The summed E-state index contributed by atoms with van der Waals surface area (Å²) in [4.78, 5) is 15.1. The Morgan fingerprint density at radius 1 is 1.14 bits per heavy atom. The Morgan fingerprint density at radius 3 is 2.73 bits per heavy atom. The molecule has 0 bridgehead atoms. The number of halogens is 3. The van der Waals surface area contributed by atoms with E-state index in [9.17, 15) is 13.6 Å². The number of carbonyl (C=O) groups is 1. The zero-order chi connectivity index (χ0) is 15.7. The highest BCUT2D eigenvalue weighted by atomic mass is 35.5. The van der Waals surface area contributed by atoms with Crippen molar-refractivity contribution in [3.8, 4) is 0 Å². The predicted molar refractivity (Wildman–Crippen MR) is 82.0 cm³/mol. The fourth-order valence-electron chi connectivity index (χ4n) is 2.25. The van der Waals surface area contributed by atoms with Crippen LogP contribution in [-0.2, 0) is 11.2 Å². The second kappa shape index (κ2) is 5.77. The minimum atomic E-state index is -1.00. The number of benzene rings is 2. The Hall–Kier alpha value is -2.40. The number of aromatic nitrogens is 1. The highest BCUT2D eigenvalue weighted by Crippen LogP contribution is 2.23. The summed E-state index contributed by atoms with van der Waals surface area (Å²) in [7, 11) is 0. The van der Waals surface area contributed by atoms with Gasteiger partial charge in [-0.1, -0.05) is 11.6 Å². The molecule has 1 aromatic heterocycles. The molecular formula is C16H11ClF2N2O. The third-order valence-corrected chi connectivity index (χ3v) is 3.52. The monoisotopic (exact) mass is 320 g/mol. The molecule has 22 heavy (non-hydrogen) atoms. The Morgan fingerprint density at radius 2 is 1.95 bits per heavy atom. The summed E-state index contributed by atoms with van der Waals surface area (Å²) >= 11 is 5.95. The van der Waals surface area contributed by atoms with E-state index in [0.717, 1.165) is 28.6 Å². The van der Waals surface area contributed by atoms with Gasteiger partial charge in [-0.25, -0.2) is 8.78 Å². The van der Waals surface area contributed by atoms with Gasteiger partial charge in [0.1, 0.15) is 0 Å². The molecule has 2 N–H and O–H groups in total. The SMILES string of the molecule is O=C(Cc1c[nH]c2ccc(Cl)cc12)Nc1ccc(F)c(F)c1. The van der Waals surface area contributed by atoms with Crippen molar-refractivity contribution in [3.63, 3.8) is 0 Å². The van der Waals surface area contributed by atoms with Gasteiger partial charge in [0.2, 0.25) is 5.91 Å². The van der Waals surface area contributed by atoms with Gasteiger partial charge in [0.05, 0.1) is 6.42 Å². The van der Waals surface area contributed by atoms with Crippen LogP contribution < -0.4 is 5.32 Å². The molecule has 3 rings (SSSR count). The predicted octanol–water partition coefficient (Wildman–Crippen LogP) is 4.28. The van der Waals surface area contributed by atoms with E-state index in [0.29, 0.717) is 5.02 Å². The Labute approximate surface area is 129 Å². The van der Waals surface area contributed by atoms with Gasteiger partial charge in [0, 0.05) is 33.9 Å². The second-order valence-electron chi connectivity index (χ2n) is 4.86. The van der Waals surface area contributed by atoms with Gasteiger partial charge in [-0.2, -0.15) is 0 Å². The van der Waals surface area contributed by atoms with E-state index in [1.54, 1.807) is 18.3 Å². The van der Waals surface area contributed by atoms with Crippen molar-refractivity contribution in [1.82, 2.24) is 4.98 Å². The number of fused-ring (bicyclic) bond motifs is 1. The van der Waals surface area contributed by atoms with Crippen LogP contribution in [0.3, 0.4) is 0 Å². The summed E-state index contributed by atoms with van der Waals surface area (Å²) < 4.78 is 26.0. The molecule has 0 saturated heterocycles. The number of aromatic amines is 1. The molecule has 0 unspecified atom stereocenters. The number of nitrogens with one attached hydrogen (secondary N) is 2. The lowest BCUT2D eigenvalue weighted by Gasteiger charge is -2.05. The minimum Gasteiger partial charge on any atom is -0.361 e. The largest absolute Gasteiger partial charge is 0.361 e. The molecule has 0 aliphatic rings. The molecule has 0 spiro atoms. The fourth-order valence-corrected chi connectivity index (χ4v) is 2.42. The molecule has 0 fully saturated rings. The van der Waals surface area contributed by atoms with Gasteiger partial charge in [-0.15, -0.1) is 0 Å². The molecule has 6 heteroatoms. The zero-order valence-electron chi connectivity index (χ0n) is 11.3. The quantitative estimate of drug-likeness (QED) is 0.743. The average molecular weight is 321 g/mol. The number of amides is 1. The number of hydrogen-bond acceptors (Lipinski definition) is 1. The first kappa shape index (κ1) is 14.5. The number of rotatable bonds is 3. The first-order valence-electron chi connectivity index (χ1n) is 6.53. The van der Waals surface area contributed by atoms with Crippen LogP contribution in [0.25, 0.3) is 10.9 Å². The van der Waals surface area contributed by atoms with Crippen molar-refractivity contribution in [2.24, 2.45) is 0 Å². The van der Waals surface area contributed by atoms with Crippen molar-refractivity contribution in [3.05, 3.63) is 64.8 Å². The van der Waals surface area contributed by atoms with Crippen LogP contribution in [0.1, 0.15) is 5.56 Å². The van der Waals surface area contributed by atoms with Crippen LogP contribution in [0, 0.1) is 11.6 Å². The van der Waals surface area contributed by atoms with Gasteiger partial charge in [-0.05, 0) is 35.9 Å². The number of anilines is 1. The summed E-state index contributed by atoms with van der Waals surface area (Å²) in [5.41, 5.74) is 1.86. The van der Waals surface area contributed by atoms with E-state index in [1.807, 2.05) is 6.07 Å². The summed E-state index contributed by atoms with van der Waals surface area (Å²) in [6.45, 7) is 0. The molecule has 112 valence electrons. The molecule has 0 aliphatic carbocycles. The van der Waals surface area contributed by atoms with Crippen LogP contribution in [0.15, 0.2) is 42.6 Å². The van der Waals surface area contributed by atoms with Gasteiger partial charge in [0.25, 0.3) is 0 Å². The van der Waals surface area contributed by atoms with Crippen LogP contribution >= 0.6 is 11.6 Å². The Balaban J connectivity index is 1.78. The summed E-state index contributed by atoms with van der Waals surface area (Å²) in [5.74, 6) is -2.28. The number of H-pyrrole nitrogens is 1. The lowest BCUT2D eigenvalue weighted by molar-refractivity contribution is -0.115. The third kappa shape index (κ3) is 2.94. The molecule has 1 amide bonds. The maximum Gasteiger partial charge on any atom is 0.228 e. The second-order valence-corrected chi connectivity index (χ2v) is 5.29. The minimum absolute atomic E-state index is 0.0966. The molecular weight excluding hydrogens is 310 g/mol. The van der Waals surface area contributed by atoms with E-state index >= 15 is 0 Å². The van der Waals surface area contributed by atoms with Crippen LogP contribution in [0.2, 0.25) is 5.02 Å². The fraction of sp³-hybridized carbons (Fsp3) is 0.0625. The van der Waals surface area contributed by atoms with E-state index in [4.69, 9.17) is 11.6 Å². The molecule has 0 saturated carbocycles. The highest BCUT2D eigenvalue weighted by Gasteiger charge is 2.11. The van der Waals surface area contributed by atoms with E-state index in [2.05, 4.69) is 10.3 Å². The molecule has 0 radical (unpaired) electrons. The van der Waals surface area contributed by atoms with Crippen LogP contribution in [0.4, 0.5) is 14.5 Å². The molecule has 3 nitrogen and oxygen atoms in total. The van der Waals surface area contributed by atoms with Crippen LogP contribution in [-0.4, -0.2) is 10.9 Å². The maximum absolute atomic E-state index is 13.1. The summed E-state index contributed by atoms with van der Waals surface area (Å²) in [6.07, 6.45) is 1.82. The highest BCUT2D eigenvalue weighted by molar-refractivity contribution is 6.31. The van der Waals surface area contributed by atoms with Gasteiger partial charge >= 0.3 is 0 Å². The topological polar surface area (TPSA) is 44.9 Å². The lowest BCUT2D eigenvalue weighted by atomic mass is 10.1. The van der Waals surface area contributed by atoms with Crippen LogP contribution in [0.5, 0.6) is 0 Å². The maximum atomic E-state index is 13.1. The standard InChI is InChI=1S/C16H11ClF2N2O/c17-10-1-4-15-12(6-10)9(8-20-15)5-16(22)21-11-2-3-13(18)14(19)7-11/h1-4,6-8,20H,5H2,(H,21,22). The molecule has 3 aromatic rings. The van der Waals surface area contributed by atoms with E-state index in [1.165, 1.54) is 6.07 Å². The van der Waals surface area contributed by atoms with E-state index in [-0.39, 0.29) is 18.0 Å². The van der Waals surface area contributed by atoms with Crippen molar-refractivity contribution >= 4 is 34.1 Å². The zero-order valence-corrected chi connectivity index (χ0v) is 12.0. The van der Waals surface area contributed by atoms with Crippen molar-refractivity contribution in [2.75, 3.05) is 5.32 Å². The molecule has 2 aromatic carbocycles.